The number of nitrogens with zero attached hydrogens (tertiary/aromatic N) is 4. The number of aromatic nitrogens is 4. The second-order valence-corrected chi connectivity index (χ2v) is 9.29. The maximum absolute atomic E-state index is 12.3. The molecule has 5 rings (SSSR count). The van der Waals surface area contributed by atoms with Crippen molar-refractivity contribution >= 4 is 17.1 Å². The van der Waals surface area contributed by atoms with Crippen molar-refractivity contribution in [3.05, 3.63) is 35.8 Å². The minimum Gasteiger partial charge on any atom is -0.444 e. The van der Waals surface area contributed by atoms with Crippen LogP contribution in [0.2, 0.25) is 0 Å². The highest BCUT2D eigenvalue weighted by Gasteiger charge is 2.52. The number of aromatic amines is 1. The number of hydrogen-bond donors (Lipinski definition) is 1. The van der Waals surface area contributed by atoms with Crippen LogP contribution >= 0.6 is 0 Å². The van der Waals surface area contributed by atoms with Crippen molar-refractivity contribution in [2.75, 3.05) is 13.1 Å². The van der Waals surface area contributed by atoms with Gasteiger partial charge < -0.3 is 14.6 Å². The molecule has 0 radical (unpaired) electrons. The van der Waals surface area contributed by atoms with Crippen LogP contribution in [-0.4, -0.2) is 49.4 Å². The molecule has 0 unspecified atom stereocenters. The largest absolute Gasteiger partial charge is 0.444 e. The first-order chi connectivity index (χ1) is 13.8. The standard InChI is InChI=1S/C22H27N5O2/c1-5-14-10-23-19-16(14)8-15(11-24-19)17-9-18-22(6-7-27(18)25-17)12-26(13-22)20(28)29-21(2,3)4/h8-11H,5-7,12-13H2,1-4H3,(H,23,24). The summed E-state index contributed by atoms with van der Waals surface area (Å²) in [6, 6.07) is 4.36. The summed E-state index contributed by atoms with van der Waals surface area (Å²) in [5, 5.41) is 6.01. The Kier molecular flexibility index (Phi) is 3.82. The third-order valence-electron chi connectivity index (χ3n) is 6.06. The minimum atomic E-state index is -0.467. The lowest BCUT2D eigenvalue weighted by Crippen LogP contribution is -2.61. The van der Waals surface area contributed by atoms with E-state index in [4.69, 9.17) is 9.84 Å². The first-order valence-electron chi connectivity index (χ1n) is 10.3. The molecule has 0 aromatic carbocycles. The molecule has 1 amide bonds. The number of likely N-dealkylation sites (tertiary alicyclic amines) is 1. The van der Waals surface area contributed by atoms with Crippen LogP contribution in [0.5, 0.6) is 0 Å². The van der Waals surface area contributed by atoms with E-state index in [1.807, 2.05) is 33.2 Å². The Hall–Kier alpha value is -2.83. The van der Waals surface area contributed by atoms with Gasteiger partial charge in [0.05, 0.1) is 5.69 Å². The molecular weight excluding hydrogens is 366 g/mol. The van der Waals surface area contributed by atoms with Gasteiger partial charge in [-0.05, 0) is 51.3 Å². The van der Waals surface area contributed by atoms with Crippen LogP contribution in [0.25, 0.3) is 22.3 Å². The number of aryl methyl sites for hydroxylation is 2. The Balaban J connectivity index is 1.40. The molecule has 0 aliphatic carbocycles. The molecule has 1 spiro atoms. The Labute approximate surface area is 170 Å². The third-order valence-corrected chi connectivity index (χ3v) is 6.06. The summed E-state index contributed by atoms with van der Waals surface area (Å²) in [5.74, 6) is 0. The van der Waals surface area contributed by atoms with Crippen LogP contribution in [0.15, 0.2) is 24.5 Å². The summed E-state index contributed by atoms with van der Waals surface area (Å²) in [6.45, 7) is 10.1. The van der Waals surface area contributed by atoms with Crippen LogP contribution in [0, 0.1) is 0 Å². The van der Waals surface area contributed by atoms with E-state index >= 15 is 0 Å². The topological polar surface area (TPSA) is 76.0 Å². The summed E-state index contributed by atoms with van der Waals surface area (Å²) < 4.78 is 7.62. The number of nitrogens with one attached hydrogen (secondary N) is 1. The molecule has 0 bridgehead atoms. The van der Waals surface area contributed by atoms with Crippen LogP contribution in [0.1, 0.15) is 45.4 Å². The molecule has 0 atom stereocenters. The second-order valence-electron chi connectivity index (χ2n) is 9.29. The zero-order valence-electron chi connectivity index (χ0n) is 17.5. The Morgan fingerprint density at radius 1 is 1.31 bits per heavy atom. The summed E-state index contributed by atoms with van der Waals surface area (Å²) in [4.78, 5) is 22.0. The van der Waals surface area contributed by atoms with Crippen LogP contribution < -0.4 is 0 Å². The molecule has 152 valence electrons. The van der Waals surface area contributed by atoms with Gasteiger partial charge in [-0.3, -0.25) is 4.68 Å². The van der Waals surface area contributed by atoms with E-state index in [1.54, 1.807) is 4.90 Å². The summed E-state index contributed by atoms with van der Waals surface area (Å²) in [6.07, 6.45) is 5.67. The van der Waals surface area contributed by atoms with Crippen LogP contribution in [0.3, 0.4) is 0 Å². The van der Waals surface area contributed by atoms with E-state index in [2.05, 4.69) is 33.7 Å². The van der Waals surface area contributed by atoms with Crippen molar-refractivity contribution in [3.63, 3.8) is 0 Å². The highest BCUT2D eigenvalue weighted by molar-refractivity contribution is 5.84. The van der Waals surface area contributed by atoms with Gasteiger partial charge in [0.2, 0.25) is 0 Å². The molecule has 29 heavy (non-hydrogen) atoms. The maximum atomic E-state index is 12.3. The maximum Gasteiger partial charge on any atom is 0.410 e. The molecular formula is C22H27N5O2. The van der Waals surface area contributed by atoms with Gasteiger partial charge in [-0.25, -0.2) is 9.78 Å². The highest BCUT2D eigenvalue weighted by atomic mass is 16.6. The molecule has 0 saturated carbocycles. The van der Waals surface area contributed by atoms with E-state index in [-0.39, 0.29) is 11.5 Å². The number of hydrogen-bond acceptors (Lipinski definition) is 4. The van der Waals surface area contributed by atoms with E-state index in [0.29, 0.717) is 13.1 Å². The Bertz CT molecular complexity index is 1100. The average Bonchev–Trinajstić information content (AvgIpc) is 3.30. The summed E-state index contributed by atoms with van der Waals surface area (Å²) in [5.41, 5.74) is 4.93. The first kappa shape index (κ1) is 18.2. The number of carbonyl (C=O) groups excluding carboxylic acids is 1. The first-order valence-corrected chi connectivity index (χ1v) is 10.3. The second kappa shape index (κ2) is 6.08. The van der Waals surface area contributed by atoms with Gasteiger partial charge in [-0.15, -0.1) is 0 Å². The summed E-state index contributed by atoms with van der Waals surface area (Å²) in [7, 11) is 0. The molecule has 3 aromatic heterocycles. The highest BCUT2D eigenvalue weighted by Crippen LogP contribution is 2.44. The van der Waals surface area contributed by atoms with Crippen LogP contribution in [-0.2, 0) is 23.1 Å². The Morgan fingerprint density at radius 3 is 2.83 bits per heavy atom. The van der Waals surface area contributed by atoms with Gasteiger partial charge >= 0.3 is 6.09 Å². The predicted molar refractivity (Wildman–Crippen MR) is 111 cm³/mol. The summed E-state index contributed by atoms with van der Waals surface area (Å²) >= 11 is 0. The number of carbonyl (C=O) groups is 1. The molecule has 2 aliphatic rings. The van der Waals surface area contributed by atoms with E-state index in [0.717, 1.165) is 41.7 Å². The molecule has 1 fully saturated rings. The number of H-pyrrole nitrogens is 1. The fraction of sp³-hybridized carbons (Fsp3) is 0.500. The molecule has 3 aromatic rings. The van der Waals surface area contributed by atoms with Crippen molar-refractivity contribution in [2.45, 2.75) is 58.1 Å². The number of ether oxygens (including phenoxy) is 1. The quantitative estimate of drug-likeness (QED) is 0.717. The molecule has 1 saturated heterocycles. The lowest BCUT2D eigenvalue weighted by molar-refractivity contribution is -0.00969. The molecule has 5 heterocycles. The van der Waals surface area contributed by atoms with Gasteiger partial charge in [0.1, 0.15) is 11.2 Å². The van der Waals surface area contributed by atoms with Gasteiger partial charge in [0.25, 0.3) is 0 Å². The zero-order valence-corrected chi connectivity index (χ0v) is 17.5. The van der Waals surface area contributed by atoms with Crippen molar-refractivity contribution < 1.29 is 9.53 Å². The van der Waals surface area contributed by atoms with E-state index in [9.17, 15) is 4.79 Å². The lowest BCUT2D eigenvalue weighted by Gasteiger charge is -2.47. The van der Waals surface area contributed by atoms with Crippen molar-refractivity contribution in [1.29, 1.82) is 0 Å². The molecule has 7 nitrogen and oxygen atoms in total. The number of fused-ring (bicyclic) bond motifs is 3. The zero-order chi connectivity index (χ0) is 20.4. The minimum absolute atomic E-state index is 0.00233. The number of rotatable bonds is 2. The number of amides is 1. The SMILES string of the molecule is CCc1c[nH]c2ncc(-c3cc4n(n3)CCC43CN(C(=O)OC(C)(C)C)C3)cc12. The third kappa shape index (κ3) is 2.91. The average molecular weight is 393 g/mol. The smallest absolute Gasteiger partial charge is 0.410 e. The number of pyridine rings is 1. The van der Waals surface area contributed by atoms with Crippen molar-refractivity contribution in [3.8, 4) is 11.3 Å². The van der Waals surface area contributed by atoms with Gasteiger partial charge in [-0.2, -0.15) is 5.10 Å². The lowest BCUT2D eigenvalue weighted by atomic mass is 9.76. The fourth-order valence-corrected chi connectivity index (χ4v) is 4.55. The van der Waals surface area contributed by atoms with E-state index in [1.165, 1.54) is 11.3 Å². The van der Waals surface area contributed by atoms with Gasteiger partial charge in [-0.1, -0.05) is 6.92 Å². The molecule has 2 aliphatic heterocycles. The van der Waals surface area contributed by atoms with Crippen molar-refractivity contribution in [2.24, 2.45) is 0 Å². The fourth-order valence-electron chi connectivity index (χ4n) is 4.55. The molecule has 1 N–H and O–H groups in total. The molecule has 7 heteroatoms. The van der Waals surface area contributed by atoms with Gasteiger partial charge in [0.15, 0.2) is 0 Å². The predicted octanol–water partition coefficient (Wildman–Crippen LogP) is 3.88. The van der Waals surface area contributed by atoms with Gasteiger partial charge in [0, 0.05) is 54.1 Å². The Morgan fingerprint density at radius 2 is 2.10 bits per heavy atom. The normalized spacial score (nSPS) is 17.6. The van der Waals surface area contributed by atoms with Crippen LogP contribution in [0.4, 0.5) is 4.79 Å². The monoisotopic (exact) mass is 393 g/mol. The van der Waals surface area contributed by atoms with E-state index < -0.39 is 5.60 Å². The van der Waals surface area contributed by atoms with Crippen molar-refractivity contribution in [1.82, 2.24) is 24.6 Å².